The zero-order valence-corrected chi connectivity index (χ0v) is 12.5. The lowest BCUT2D eigenvalue weighted by molar-refractivity contribution is -0.134. The fraction of sp³-hybridized carbons (Fsp3) is 0.471. The molecule has 0 saturated heterocycles. The van der Waals surface area contributed by atoms with Gasteiger partial charge in [0.15, 0.2) is 5.65 Å². The van der Waals surface area contributed by atoms with Crippen molar-refractivity contribution in [1.29, 1.82) is 0 Å². The van der Waals surface area contributed by atoms with E-state index in [0.29, 0.717) is 12.5 Å². The van der Waals surface area contributed by atoms with Gasteiger partial charge < -0.3 is 4.90 Å². The molecule has 1 fully saturated rings. The van der Waals surface area contributed by atoms with Gasteiger partial charge in [0.25, 0.3) is 0 Å². The zero-order valence-electron chi connectivity index (χ0n) is 12.5. The van der Waals surface area contributed by atoms with Crippen LogP contribution < -0.4 is 0 Å². The van der Waals surface area contributed by atoms with Crippen LogP contribution in [0, 0.1) is 11.3 Å². The average molecular weight is 281 g/mol. The monoisotopic (exact) mass is 281 g/mol. The number of amides is 1. The molecular formula is C17H19N3O. The maximum absolute atomic E-state index is 12.5. The number of hydrogen-bond acceptors (Lipinski definition) is 3. The first kappa shape index (κ1) is 12.7. The summed E-state index contributed by atoms with van der Waals surface area (Å²) in [5.41, 5.74) is 3.27. The Balaban J connectivity index is 1.62. The van der Waals surface area contributed by atoms with Crippen LogP contribution in [0.25, 0.3) is 11.0 Å². The summed E-state index contributed by atoms with van der Waals surface area (Å²) in [5.74, 6) is 0.533. The van der Waals surface area contributed by atoms with Crippen LogP contribution in [-0.2, 0) is 17.8 Å². The lowest BCUT2D eigenvalue weighted by Gasteiger charge is -2.29. The first-order valence-electron chi connectivity index (χ1n) is 7.57. The molecule has 3 heterocycles. The minimum Gasteiger partial charge on any atom is -0.338 e. The Morgan fingerprint density at radius 2 is 2.24 bits per heavy atom. The molecule has 0 N–H and O–H groups in total. The highest BCUT2D eigenvalue weighted by atomic mass is 16.2. The second kappa shape index (κ2) is 4.26. The normalized spacial score (nSPS) is 23.0. The molecular weight excluding hydrogens is 262 g/mol. The van der Waals surface area contributed by atoms with Crippen LogP contribution in [0.15, 0.2) is 24.4 Å². The summed E-state index contributed by atoms with van der Waals surface area (Å²) in [6, 6.07) is 6.09. The Labute approximate surface area is 124 Å². The van der Waals surface area contributed by atoms with Crippen LogP contribution in [0.2, 0.25) is 0 Å². The third kappa shape index (κ3) is 2.09. The number of rotatable bonds is 1. The molecule has 108 valence electrons. The summed E-state index contributed by atoms with van der Waals surface area (Å²) in [6.07, 6.45) is 3.63. The van der Waals surface area contributed by atoms with Gasteiger partial charge in [-0.1, -0.05) is 13.8 Å². The van der Waals surface area contributed by atoms with Crippen LogP contribution >= 0.6 is 0 Å². The second-order valence-electron chi connectivity index (χ2n) is 6.90. The Kier molecular flexibility index (Phi) is 2.59. The predicted octanol–water partition coefficient (Wildman–Crippen LogP) is 2.56. The van der Waals surface area contributed by atoms with Crippen molar-refractivity contribution in [2.24, 2.45) is 11.3 Å². The van der Waals surface area contributed by atoms with Crippen LogP contribution in [0.1, 0.15) is 31.5 Å². The molecule has 4 nitrogen and oxygen atoms in total. The third-order valence-corrected chi connectivity index (χ3v) is 4.86. The molecule has 2 aromatic rings. The minimum absolute atomic E-state index is 0.197. The first-order chi connectivity index (χ1) is 10.0. The number of pyridine rings is 2. The molecule has 1 aliphatic heterocycles. The average Bonchev–Trinajstić information content (AvgIpc) is 3.12. The molecule has 1 amide bonds. The lowest BCUT2D eigenvalue weighted by atomic mass is 10.0. The fourth-order valence-corrected chi connectivity index (χ4v) is 3.26. The van der Waals surface area contributed by atoms with Crippen molar-refractivity contribution in [3.63, 3.8) is 0 Å². The third-order valence-electron chi connectivity index (χ3n) is 4.86. The van der Waals surface area contributed by atoms with E-state index in [1.54, 1.807) is 6.20 Å². The molecule has 4 rings (SSSR count). The van der Waals surface area contributed by atoms with Crippen LogP contribution in [-0.4, -0.2) is 27.3 Å². The van der Waals surface area contributed by atoms with Gasteiger partial charge in [-0.15, -0.1) is 0 Å². The molecule has 21 heavy (non-hydrogen) atoms. The summed E-state index contributed by atoms with van der Waals surface area (Å²) in [7, 11) is 0. The van der Waals surface area contributed by atoms with Crippen LogP contribution in [0.3, 0.4) is 0 Å². The first-order valence-corrected chi connectivity index (χ1v) is 7.57. The number of carbonyl (C=O) groups excluding carboxylic acids is 1. The van der Waals surface area contributed by atoms with Crippen molar-refractivity contribution in [3.8, 4) is 0 Å². The summed E-state index contributed by atoms with van der Waals surface area (Å²) in [4.78, 5) is 23.5. The van der Waals surface area contributed by atoms with Gasteiger partial charge in [-0.25, -0.2) is 9.97 Å². The highest BCUT2D eigenvalue weighted by Gasteiger charge is 2.52. The number of fused-ring (bicyclic) bond motifs is 2. The Morgan fingerprint density at radius 1 is 1.43 bits per heavy atom. The van der Waals surface area contributed by atoms with Crippen molar-refractivity contribution < 1.29 is 4.79 Å². The second-order valence-corrected chi connectivity index (χ2v) is 6.90. The van der Waals surface area contributed by atoms with Gasteiger partial charge in [-0.2, -0.15) is 0 Å². The van der Waals surface area contributed by atoms with E-state index < -0.39 is 0 Å². The highest BCUT2D eigenvalue weighted by molar-refractivity contribution is 5.83. The molecule has 1 unspecified atom stereocenters. The summed E-state index contributed by atoms with van der Waals surface area (Å²) < 4.78 is 0. The molecule has 2 aromatic heterocycles. The van der Waals surface area contributed by atoms with Crippen molar-refractivity contribution >= 4 is 16.9 Å². The molecule has 2 aliphatic rings. The molecule has 1 saturated carbocycles. The Hall–Kier alpha value is -1.97. The van der Waals surface area contributed by atoms with E-state index in [9.17, 15) is 4.79 Å². The zero-order chi connectivity index (χ0) is 14.6. The quantitative estimate of drug-likeness (QED) is 0.807. The molecule has 1 aliphatic carbocycles. The van der Waals surface area contributed by atoms with Gasteiger partial charge in [-0.05, 0) is 35.6 Å². The molecule has 0 bridgehead atoms. The van der Waals surface area contributed by atoms with Gasteiger partial charge in [0.1, 0.15) is 0 Å². The summed E-state index contributed by atoms with van der Waals surface area (Å²) in [6.45, 7) is 5.82. The highest BCUT2D eigenvalue weighted by Crippen LogP contribution is 2.52. The van der Waals surface area contributed by atoms with E-state index in [4.69, 9.17) is 0 Å². The van der Waals surface area contributed by atoms with Gasteiger partial charge in [0, 0.05) is 42.7 Å². The fourth-order valence-electron chi connectivity index (χ4n) is 3.26. The predicted molar refractivity (Wildman–Crippen MR) is 80.5 cm³/mol. The molecule has 0 aromatic carbocycles. The standard InChI is InChI=1S/C17H19N3O/c1-17(2)9-13(17)16(21)20-7-5-14-12(10-20)8-11-4-3-6-18-15(11)19-14/h3-4,6,8,13H,5,7,9-10H2,1-2H3. The number of aromatic nitrogens is 2. The molecule has 0 radical (unpaired) electrons. The van der Waals surface area contributed by atoms with Crippen molar-refractivity contribution in [2.45, 2.75) is 33.2 Å². The Bertz CT molecular complexity index is 738. The van der Waals surface area contributed by atoms with E-state index in [-0.39, 0.29) is 11.3 Å². The van der Waals surface area contributed by atoms with Gasteiger partial charge in [0.2, 0.25) is 5.91 Å². The maximum atomic E-state index is 12.5. The SMILES string of the molecule is CC1(C)CC1C(=O)N1CCc2nc3ncccc3cc2C1. The molecule has 4 heteroatoms. The topological polar surface area (TPSA) is 46.1 Å². The van der Waals surface area contributed by atoms with Crippen molar-refractivity contribution in [1.82, 2.24) is 14.9 Å². The summed E-state index contributed by atoms with van der Waals surface area (Å²) in [5, 5.41) is 1.05. The van der Waals surface area contributed by atoms with Crippen LogP contribution in [0.5, 0.6) is 0 Å². The van der Waals surface area contributed by atoms with Gasteiger partial charge in [-0.3, -0.25) is 4.79 Å². The van der Waals surface area contributed by atoms with E-state index in [1.807, 2.05) is 17.0 Å². The Morgan fingerprint density at radius 3 is 3.00 bits per heavy atom. The van der Waals surface area contributed by atoms with Crippen molar-refractivity contribution in [3.05, 3.63) is 35.7 Å². The smallest absolute Gasteiger partial charge is 0.226 e. The van der Waals surface area contributed by atoms with Crippen LogP contribution in [0.4, 0.5) is 0 Å². The largest absolute Gasteiger partial charge is 0.338 e. The van der Waals surface area contributed by atoms with E-state index in [0.717, 1.165) is 36.1 Å². The summed E-state index contributed by atoms with van der Waals surface area (Å²) >= 11 is 0. The number of nitrogens with zero attached hydrogens (tertiary/aromatic N) is 3. The van der Waals surface area contributed by atoms with E-state index >= 15 is 0 Å². The number of carbonyl (C=O) groups is 1. The molecule has 1 atom stereocenters. The minimum atomic E-state index is 0.197. The van der Waals surface area contributed by atoms with E-state index in [2.05, 4.69) is 29.9 Å². The number of hydrogen-bond donors (Lipinski definition) is 0. The lowest BCUT2D eigenvalue weighted by Crippen LogP contribution is -2.38. The van der Waals surface area contributed by atoms with Crippen molar-refractivity contribution in [2.75, 3.05) is 6.54 Å². The van der Waals surface area contributed by atoms with E-state index in [1.165, 1.54) is 5.56 Å². The maximum Gasteiger partial charge on any atom is 0.226 e. The van der Waals surface area contributed by atoms with Gasteiger partial charge in [0.05, 0.1) is 0 Å². The van der Waals surface area contributed by atoms with Gasteiger partial charge >= 0.3 is 0 Å². The molecule has 0 spiro atoms.